The van der Waals surface area contributed by atoms with Crippen molar-refractivity contribution >= 4 is 29.8 Å². The van der Waals surface area contributed by atoms with Gasteiger partial charge in [0, 0.05) is 46.0 Å². The number of carbonyl (C=O) groups excluding carboxylic acids is 4. The maximum atomic E-state index is 14.8. The second-order valence-corrected chi connectivity index (χ2v) is 14.7. The van der Waals surface area contributed by atoms with E-state index in [1.54, 1.807) is 20.2 Å². The number of aliphatic hydroxyl groups excluding tert-OH is 2. The molecule has 288 valence electrons. The molecule has 2 bridgehead atoms. The Morgan fingerprint density at radius 3 is 2.37 bits per heavy atom. The Morgan fingerprint density at radius 1 is 1.06 bits per heavy atom. The Labute approximate surface area is 306 Å². The normalized spacial score (nSPS) is 28.6. The molecule has 1 aliphatic carbocycles. The summed E-state index contributed by atoms with van der Waals surface area (Å²) >= 11 is 0. The molecule has 0 aromatic heterocycles. The summed E-state index contributed by atoms with van der Waals surface area (Å²) in [5.41, 5.74) is -0.132. The van der Waals surface area contributed by atoms with Crippen molar-refractivity contribution in [1.82, 2.24) is 20.6 Å². The number of rotatable bonds is 18. The lowest BCUT2D eigenvalue weighted by molar-refractivity contribution is -0.224. The maximum Gasteiger partial charge on any atom is 0.327 e. The first-order chi connectivity index (χ1) is 24.9. The van der Waals surface area contributed by atoms with Crippen LogP contribution < -0.4 is 10.6 Å². The van der Waals surface area contributed by atoms with Gasteiger partial charge in [0.1, 0.15) is 35.9 Å². The molecule has 8 atom stereocenters. The second kappa shape index (κ2) is 17.2. The predicted octanol–water partition coefficient (Wildman–Crippen LogP) is 2.20. The maximum absolute atomic E-state index is 14.8. The highest BCUT2D eigenvalue weighted by molar-refractivity contribution is 5.96. The molecule has 1 saturated carbocycles. The molecule has 3 amide bonds. The highest BCUT2D eigenvalue weighted by Gasteiger charge is 2.76. The molecule has 0 spiro atoms. The van der Waals surface area contributed by atoms with Gasteiger partial charge >= 0.3 is 5.97 Å². The van der Waals surface area contributed by atoms with Gasteiger partial charge in [0.2, 0.25) is 17.7 Å². The Morgan fingerprint density at radius 2 is 1.73 bits per heavy atom. The van der Waals surface area contributed by atoms with Crippen LogP contribution in [0.2, 0.25) is 0 Å². The van der Waals surface area contributed by atoms with Crippen molar-refractivity contribution in [2.24, 2.45) is 5.41 Å². The first-order valence-corrected chi connectivity index (χ1v) is 18.8. The first-order valence-electron chi connectivity index (χ1n) is 18.8. The summed E-state index contributed by atoms with van der Waals surface area (Å²) in [5.74, 6) is -3.15. The van der Waals surface area contributed by atoms with E-state index >= 15 is 0 Å². The average molecular weight is 729 g/mol. The number of likely N-dealkylation sites (N-methyl/N-ethyl adjacent to an activating group) is 1. The van der Waals surface area contributed by atoms with Crippen molar-refractivity contribution in [1.29, 1.82) is 0 Å². The van der Waals surface area contributed by atoms with Crippen LogP contribution in [0.4, 0.5) is 0 Å². The number of ether oxygens (including phenoxy) is 3. The van der Waals surface area contributed by atoms with Gasteiger partial charge in [0.05, 0.1) is 19.3 Å². The van der Waals surface area contributed by atoms with E-state index in [0.717, 1.165) is 49.7 Å². The zero-order chi connectivity index (χ0) is 37.6. The topological polar surface area (TPSA) is 176 Å². The van der Waals surface area contributed by atoms with Crippen molar-refractivity contribution in [2.75, 3.05) is 27.2 Å². The van der Waals surface area contributed by atoms with Crippen LogP contribution in [0.15, 0.2) is 30.3 Å². The van der Waals surface area contributed by atoms with Gasteiger partial charge in [-0.3, -0.25) is 24.0 Å². The largest absolute Gasteiger partial charge is 0.458 e. The third-order valence-electron chi connectivity index (χ3n) is 10.7. The quantitative estimate of drug-likeness (QED) is 0.0991. The SMILES string of the molecule is CCCCCC1(CCCCC)O[C@@H]2[C@H](O1)[C@H]1ON(Cc3ccccc3C=CC(=O)N(C)C)[C@@H]3C(=O)O[C@@H]2C[C@]13C(=O)N[C@@H](C(=O)NCCO)[C@H](C)O. The summed E-state index contributed by atoms with van der Waals surface area (Å²) in [6.07, 6.45) is 5.64. The molecule has 3 aliphatic heterocycles. The van der Waals surface area contributed by atoms with Crippen LogP contribution in [-0.2, 0) is 44.8 Å². The summed E-state index contributed by atoms with van der Waals surface area (Å²) in [5, 5.41) is 26.6. The van der Waals surface area contributed by atoms with Gasteiger partial charge in [-0.15, -0.1) is 0 Å². The fourth-order valence-electron chi connectivity index (χ4n) is 7.99. The number of unbranched alkanes of at least 4 members (excludes halogenated alkanes) is 4. The van der Waals surface area contributed by atoms with E-state index < -0.39 is 71.6 Å². The van der Waals surface area contributed by atoms with E-state index in [2.05, 4.69) is 24.5 Å². The van der Waals surface area contributed by atoms with Crippen LogP contribution in [0.3, 0.4) is 0 Å². The summed E-state index contributed by atoms with van der Waals surface area (Å²) in [7, 11) is 3.32. The average Bonchev–Trinajstić information content (AvgIpc) is 3.67. The summed E-state index contributed by atoms with van der Waals surface area (Å²) in [4.78, 5) is 62.6. The number of nitrogens with zero attached hydrogens (tertiary/aromatic N) is 2. The lowest BCUT2D eigenvalue weighted by Crippen LogP contribution is -2.71. The minimum Gasteiger partial charge on any atom is -0.458 e. The number of amides is 3. The monoisotopic (exact) mass is 728 g/mol. The van der Waals surface area contributed by atoms with Crippen molar-refractivity contribution in [3.05, 3.63) is 41.5 Å². The molecular formula is C38H56N4O10. The van der Waals surface area contributed by atoms with Crippen molar-refractivity contribution < 1.29 is 48.4 Å². The minimum atomic E-state index is -1.58. The fraction of sp³-hybridized carbons (Fsp3) is 0.684. The number of hydrogen-bond acceptors (Lipinski definition) is 11. The van der Waals surface area contributed by atoms with Crippen molar-refractivity contribution in [3.8, 4) is 0 Å². The summed E-state index contributed by atoms with van der Waals surface area (Å²) in [6, 6.07) is 4.77. The molecule has 4 fully saturated rings. The van der Waals surface area contributed by atoms with Gasteiger partial charge in [-0.2, -0.15) is 5.06 Å². The van der Waals surface area contributed by atoms with Gasteiger partial charge in [-0.1, -0.05) is 63.8 Å². The van der Waals surface area contributed by atoms with Crippen molar-refractivity contribution in [2.45, 2.75) is 133 Å². The Bertz CT molecular complexity index is 1460. The van der Waals surface area contributed by atoms with E-state index in [-0.39, 0.29) is 32.0 Å². The number of hydrogen-bond donors (Lipinski definition) is 4. The van der Waals surface area contributed by atoms with Gasteiger partial charge in [-0.05, 0) is 37.0 Å². The van der Waals surface area contributed by atoms with E-state index in [1.807, 2.05) is 24.3 Å². The zero-order valence-corrected chi connectivity index (χ0v) is 31.0. The standard InChI is InChI=1S/C38H56N4O10/c1-6-8-12-18-37(19-13-9-7-2)50-30-27-22-38(36(48)40-29(24(3)44)34(46)39-20-21-43)32(35(47)49-27)42(52-33(38)31(30)51-37)23-26-15-11-10-14-25(26)16-17-28(45)41(4)5/h10-11,14-17,24,27,29-33,43-44H,6-9,12-13,18-23H2,1-5H3,(H,39,46)(H,40,48)/t24-,27+,29+,30-,31-,32+,33+,38+/m0/s1. The van der Waals surface area contributed by atoms with Gasteiger partial charge in [0.15, 0.2) is 11.8 Å². The number of benzene rings is 1. The number of esters is 1. The third-order valence-corrected chi connectivity index (χ3v) is 10.7. The molecule has 3 heterocycles. The molecule has 0 unspecified atom stereocenters. The van der Waals surface area contributed by atoms with Gasteiger partial charge in [0.25, 0.3) is 0 Å². The highest BCUT2D eigenvalue weighted by atomic mass is 16.8. The number of hydroxylamine groups is 2. The Hall–Kier alpha value is -3.40. The van der Waals surface area contributed by atoms with Gasteiger partial charge in [-0.25, -0.2) is 0 Å². The van der Waals surface area contributed by atoms with Crippen LogP contribution in [-0.4, -0.2) is 120 Å². The molecular weight excluding hydrogens is 672 g/mol. The van der Waals surface area contributed by atoms with E-state index in [1.165, 1.54) is 23.0 Å². The molecule has 0 radical (unpaired) electrons. The third kappa shape index (κ3) is 8.07. The summed E-state index contributed by atoms with van der Waals surface area (Å²) in [6.45, 7) is 5.30. The van der Waals surface area contributed by atoms with Crippen LogP contribution in [0, 0.1) is 5.41 Å². The van der Waals surface area contributed by atoms with Crippen molar-refractivity contribution in [3.63, 3.8) is 0 Å². The van der Waals surface area contributed by atoms with Crippen LogP contribution in [0.5, 0.6) is 0 Å². The molecule has 4 aliphatic rings. The fourth-order valence-corrected chi connectivity index (χ4v) is 7.99. The summed E-state index contributed by atoms with van der Waals surface area (Å²) < 4.78 is 19.8. The van der Waals surface area contributed by atoms with Crippen LogP contribution in [0.1, 0.15) is 89.7 Å². The zero-order valence-electron chi connectivity index (χ0n) is 31.0. The molecule has 1 aromatic carbocycles. The molecule has 5 rings (SSSR count). The molecule has 52 heavy (non-hydrogen) atoms. The second-order valence-electron chi connectivity index (χ2n) is 14.7. The predicted molar refractivity (Wildman–Crippen MR) is 190 cm³/mol. The molecule has 4 N–H and O–H groups in total. The molecule has 3 saturated heterocycles. The Balaban J connectivity index is 1.55. The number of aliphatic hydroxyl groups is 2. The highest BCUT2D eigenvalue weighted by Crippen LogP contribution is 2.58. The smallest absolute Gasteiger partial charge is 0.327 e. The Kier molecular flexibility index (Phi) is 13.1. The molecule has 1 aromatic rings. The molecule has 14 heteroatoms. The van der Waals surface area contributed by atoms with Crippen LogP contribution >= 0.6 is 0 Å². The van der Waals surface area contributed by atoms with Crippen LogP contribution in [0.25, 0.3) is 6.08 Å². The number of carbonyl (C=O) groups is 4. The lowest BCUT2D eigenvalue weighted by atomic mass is 9.62. The molecule has 14 nitrogen and oxygen atoms in total. The number of nitrogens with one attached hydrogen (secondary N) is 2. The van der Waals surface area contributed by atoms with Gasteiger partial charge < -0.3 is 40.0 Å². The first kappa shape index (κ1) is 39.8. The van der Waals surface area contributed by atoms with E-state index in [0.29, 0.717) is 12.8 Å². The number of fused-ring (bicyclic) bond motifs is 4. The lowest BCUT2D eigenvalue weighted by Gasteiger charge is -2.49. The minimum absolute atomic E-state index is 0.0462. The van der Waals surface area contributed by atoms with E-state index in [9.17, 15) is 29.4 Å². The van der Waals surface area contributed by atoms with E-state index in [4.69, 9.17) is 19.0 Å².